The Balaban J connectivity index is 2.56. The number of benzene rings is 1. The van der Waals surface area contributed by atoms with Crippen LogP contribution in [0.1, 0.15) is 10.4 Å². The lowest BCUT2D eigenvalue weighted by Gasteiger charge is -2.00. The second-order valence-corrected chi connectivity index (χ2v) is 2.88. The van der Waals surface area contributed by atoms with Gasteiger partial charge in [-0.05, 0) is 23.6 Å². The van der Waals surface area contributed by atoms with Gasteiger partial charge in [-0.2, -0.15) is 0 Å². The van der Waals surface area contributed by atoms with E-state index in [0.29, 0.717) is 5.56 Å². The summed E-state index contributed by atoms with van der Waals surface area (Å²) in [5, 5.41) is 10.3. The summed E-state index contributed by atoms with van der Waals surface area (Å²) in [6.07, 6.45) is 3.36. The first-order valence-electron chi connectivity index (χ1n) is 4.09. The number of hydrogen-bond acceptors (Lipinski definition) is 3. The van der Waals surface area contributed by atoms with Gasteiger partial charge in [0.25, 0.3) is 5.91 Å². The number of rotatable bonds is 1. The maximum Gasteiger partial charge on any atom is 0.274 e. The zero-order chi connectivity index (χ0) is 9.97. The standard InChI is InChI=1S/C10H8N2O2/c13-10(12-14)8-2-1-7-3-4-11-6-9(7)5-8/h1-6,14H,(H,12,13). The number of fused-ring (bicyclic) bond motifs is 1. The molecule has 1 aromatic carbocycles. The predicted octanol–water partition coefficient (Wildman–Crippen LogP) is 1.35. The fourth-order valence-electron chi connectivity index (χ4n) is 1.29. The predicted molar refractivity (Wildman–Crippen MR) is 51.0 cm³/mol. The van der Waals surface area contributed by atoms with E-state index in [9.17, 15) is 4.79 Å². The maximum atomic E-state index is 11.1. The Morgan fingerprint density at radius 1 is 1.29 bits per heavy atom. The zero-order valence-electron chi connectivity index (χ0n) is 7.27. The summed E-state index contributed by atoms with van der Waals surface area (Å²) in [6, 6.07) is 6.99. The lowest BCUT2D eigenvalue weighted by molar-refractivity contribution is 0.0706. The van der Waals surface area contributed by atoms with Gasteiger partial charge >= 0.3 is 0 Å². The molecule has 0 radical (unpaired) electrons. The smallest absolute Gasteiger partial charge is 0.274 e. The SMILES string of the molecule is O=C(NO)c1ccc2ccncc2c1. The van der Waals surface area contributed by atoms with Crippen LogP contribution in [0, 0.1) is 0 Å². The number of carbonyl (C=O) groups excluding carboxylic acids is 1. The molecule has 2 N–H and O–H groups in total. The van der Waals surface area contributed by atoms with Crippen molar-refractivity contribution in [2.45, 2.75) is 0 Å². The van der Waals surface area contributed by atoms with Gasteiger partial charge in [-0.15, -0.1) is 0 Å². The Labute approximate surface area is 80.2 Å². The molecule has 4 nitrogen and oxygen atoms in total. The highest BCUT2D eigenvalue weighted by molar-refractivity contribution is 5.97. The summed E-state index contributed by atoms with van der Waals surface area (Å²) < 4.78 is 0. The van der Waals surface area contributed by atoms with Crippen LogP contribution in [0.15, 0.2) is 36.7 Å². The molecule has 4 heteroatoms. The molecule has 0 unspecified atom stereocenters. The van der Waals surface area contributed by atoms with Crippen molar-refractivity contribution in [3.63, 3.8) is 0 Å². The quantitative estimate of drug-likeness (QED) is 0.524. The Hall–Kier alpha value is -1.94. The molecule has 0 bridgehead atoms. The minimum atomic E-state index is -0.518. The number of amides is 1. The highest BCUT2D eigenvalue weighted by atomic mass is 16.5. The molecule has 0 spiro atoms. The number of pyridine rings is 1. The van der Waals surface area contributed by atoms with E-state index in [1.807, 2.05) is 12.1 Å². The molecular weight excluding hydrogens is 180 g/mol. The Kier molecular flexibility index (Phi) is 2.12. The monoisotopic (exact) mass is 188 g/mol. The third kappa shape index (κ3) is 1.43. The number of hydroxylamine groups is 1. The summed E-state index contributed by atoms with van der Waals surface area (Å²) in [6.45, 7) is 0. The van der Waals surface area contributed by atoms with Crippen molar-refractivity contribution in [3.05, 3.63) is 42.2 Å². The first-order chi connectivity index (χ1) is 6.81. The number of aromatic nitrogens is 1. The van der Waals surface area contributed by atoms with Crippen molar-refractivity contribution in [1.82, 2.24) is 10.5 Å². The van der Waals surface area contributed by atoms with E-state index in [1.165, 1.54) is 0 Å². The molecule has 14 heavy (non-hydrogen) atoms. The molecule has 0 fully saturated rings. The van der Waals surface area contributed by atoms with Gasteiger partial charge in [0, 0.05) is 23.3 Å². The first kappa shape index (κ1) is 8.65. The van der Waals surface area contributed by atoms with Crippen LogP contribution in [-0.2, 0) is 0 Å². The molecular formula is C10H8N2O2. The molecule has 0 atom stereocenters. The minimum absolute atomic E-state index is 0.410. The van der Waals surface area contributed by atoms with Crippen molar-refractivity contribution in [3.8, 4) is 0 Å². The average Bonchev–Trinajstić information content (AvgIpc) is 2.27. The van der Waals surface area contributed by atoms with Crippen LogP contribution in [0.25, 0.3) is 10.8 Å². The molecule has 1 amide bonds. The number of carbonyl (C=O) groups is 1. The minimum Gasteiger partial charge on any atom is -0.288 e. The van der Waals surface area contributed by atoms with Gasteiger partial charge in [-0.25, -0.2) is 5.48 Å². The Bertz CT molecular complexity index is 482. The Morgan fingerprint density at radius 2 is 2.14 bits per heavy atom. The van der Waals surface area contributed by atoms with Gasteiger partial charge in [-0.3, -0.25) is 15.0 Å². The van der Waals surface area contributed by atoms with E-state index >= 15 is 0 Å². The molecule has 0 aliphatic carbocycles. The van der Waals surface area contributed by atoms with Gasteiger partial charge in [0.2, 0.25) is 0 Å². The second kappa shape index (κ2) is 3.43. The highest BCUT2D eigenvalue weighted by Gasteiger charge is 2.03. The van der Waals surface area contributed by atoms with Crippen LogP contribution in [0.3, 0.4) is 0 Å². The molecule has 2 rings (SSSR count). The zero-order valence-corrected chi connectivity index (χ0v) is 7.27. The van der Waals surface area contributed by atoms with Crippen LogP contribution in [0.2, 0.25) is 0 Å². The summed E-state index contributed by atoms with van der Waals surface area (Å²) in [5.41, 5.74) is 2.00. The van der Waals surface area contributed by atoms with Gasteiger partial charge in [0.05, 0.1) is 0 Å². The van der Waals surface area contributed by atoms with E-state index in [2.05, 4.69) is 4.98 Å². The topological polar surface area (TPSA) is 62.2 Å². The van der Waals surface area contributed by atoms with Gasteiger partial charge in [0.15, 0.2) is 0 Å². The van der Waals surface area contributed by atoms with Crippen LogP contribution in [-0.4, -0.2) is 16.1 Å². The molecule has 1 aromatic heterocycles. The lowest BCUT2D eigenvalue weighted by atomic mass is 10.1. The van der Waals surface area contributed by atoms with Gasteiger partial charge in [-0.1, -0.05) is 6.07 Å². The van der Waals surface area contributed by atoms with E-state index < -0.39 is 5.91 Å². The Morgan fingerprint density at radius 3 is 2.93 bits per heavy atom. The normalized spacial score (nSPS) is 10.1. The van der Waals surface area contributed by atoms with Crippen molar-refractivity contribution in [2.75, 3.05) is 0 Å². The van der Waals surface area contributed by atoms with E-state index in [-0.39, 0.29) is 0 Å². The highest BCUT2D eigenvalue weighted by Crippen LogP contribution is 2.13. The van der Waals surface area contributed by atoms with Gasteiger partial charge in [0.1, 0.15) is 0 Å². The van der Waals surface area contributed by atoms with Crippen molar-refractivity contribution in [1.29, 1.82) is 0 Å². The summed E-state index contributed by atoms with van der Waals surface area (Å²) >= 11 is 0. The van der Waals surface area contributed by atoms with Crippen molar-refractivity contribution < 1.29 is 10.0 Å². The molecule has 0 aliphatic rings. The summed E-state index contributed by atoms with van der Waals surface area (Å²) in [4.78, 5) is 15.0. The second-order valence-electron chi connectivity index (χ2n) is 2.88. The number of nitrogens with zero attached hydrogens (tertiary/aromatic N) is 1. The van der Waals surface area contributed by atoms with Crippen LogP contribution >= 0.6 is 0 Å². The molecule has 0 saturated heterocycles. The molecule has 70 valence electrons. The van der Waals surface area contributed by atoms with Crippen LogP contribution in [0.5, 0.6) is 0 Å². The first-order valence-corrected chi connectivity index (χ1v) is 4.09. The molecule has 0 aliphatic heterocycles. The molecule has 0 saturated carbocycles. The van der Waals surface area contributed by atoms with Crippen molar-refractivity contribution in [2.24, 2.45) is 0 Å². The van der Waals surface area contributed by atoms with Crippen LogP contribution in [0.4, 0.5) is 0 Å². The van der Waals surface area contributed by atoms with Crippen molar-refractivity contribution >= 4 is 16.7 Å². The van der Waals surface area contributed by atoms with E-state index in [1.54, 1.807) is 30.0 Å². The molecule has 2 aromatic rings. The average molecular weight is 188 g/mol. The fraction of sp³-hybridized carbons (Fsp3) is 0. The number of nitrogens with one attached hydrogen (secondary N) is 1. The summed E-state index contributed by atoms with van der Waals surface area (Å²) in [7, 11) is 0. The number of hydrogen-bond donors (Lipinski definition) is 2. The maximum absolute atomic E-state index is 11.1. The van der Waals surface area contributed by atoms with E-state index in [4.69, 9.17) is 5.21 Å². The lowest BCUT2D eigenvalue weighted by Crippen LogP contribution is -2.18. The fourth-order valence-corrected chi connectivity index (χ4v) is 1.29. The van der Waals surface area contributed by atoms with E-state index in [0.717, 1.165) is 10.8 Å². The van der Waals surface area contributed by atoms with Gasteiger partial charge < -0.3 is 0 Å². The molecule has 1 heterocycles. The third-order valence-corrected chi connectivity index (χ3v) is 2.00. The summed E-state index contributed by atoms with van der Waals surface area (Å²) in [5.74, 6) is -0.518. The third-order valence-electron chi connectivity index (χ3n) is 2.00. The van der Waals surface area contributed by atoms with Crippen LogP contribution < -0.4 is 5.48 Å². The largest absolute Gasteiger partial charge is 0.288 e.